The molecular formula is C27H25FN6O4. The van der Waals surface area contributed by atoms with Gasteiger partial charge in [0.2, 0.25) is 0 Å². The molecule has 5 aromatic rings. The lowest BCUT2D eigenvalue weighted by atomic mass is 9.97. The topological polar surface area (TPSA) is 118 Å². The lowest BCUT2D eigenvalue weighted by molar-refractivity contribution is 0.0714. The van der Waals surface area contributed by atoms with Gasteiger partial charge < -0.3 is 29.0 Å². The largest absolute Gasteiger partial charge is 0.465 e. The summed E-state index contributed by atoms with van der Waals surface area (Å²) in [7, 11) is 1.95. The number of nitrogens with one attached hydrogen (secondary N) is 1. The minimum absolute atomic E-state index is 0.0334. The van der Waals surface area contributed by atoms with E-state index in [9.17, 15) is 14.0 Å². The molecule has 0 bridgehead atoms. The number of hydrogen-bond donors (Lipinski definition) is 2. The third kappa shape index (κ3) is 4.05. The van der Waals surface area contributed by atoms with Gasteiger partial charge >= 0.3 is 6.09 Å². The van der Waals surface area contributed by atoms with Crippen LogP contribution in [0.3, 0.4) is 0 Å². The summed E-state index contributed by atoms with van der Waals surface area (Å²) in [6.45, 7) is -0.0661. The van der Waals surface area contributed by atoms with Gasteiger partial charge in [-0.25, -0.2) is 14.2 Å². The Morgan fingerprint density at radius 3 is 2.82 bits per heavy atom. The second-order valence-corrected chi connectivity index (χ2v) is 9.45. The summed E-state index contributed by atoms with van der Waals surface area (Å²) in [5.74, 6) is 1.20. The Balaban J connectivity index is 1.40. The Kier molecular flexibility index (Phi) is 5.82. The molecule has 0 saturated heterocycles. The first-order valence-electron chi connectivity index (χ1n) is 12.2. The van der Waals surface area contributed by atoms with Crippen LogP contribution >= 0.6 is 0 Å². The zero-order valence-electron chi connectivity index (χ0n) is 20.6. The van der Waals surface area contributed by atoms with Crippen LogP contribution in [0.1, 0.15) is 21.7 Å². The van der Waals surface area contributed by atoms with Gasteiger partial charge in [0, 0.05) is 42.7 Å². The van der Waals surface area contributed by atoms with Crippen molar-refractivity contribution in [3.05, 3.63) is 71.6 Å². The molecule has 2 aromatic carbocycles. The van der Waals surface area contributed by atoms with Crippen molar-refractivity contribution in [2.24, 2.45) is 7.05 Å². The second-order valence-electron chi connectivity index (χ2n) is 9.45. The molecule has 6 rings (SSSR count). The molecule has 2 N–H and O–H groups in total. The number of para-hydroxylation sites is 1. The first-order valence-corrected chi connectivity index (χ1v) is 12.2. The molecule has 1 atom stereocenters. The number of alkyl halides is 1. The maximum atomic E-state index is 13.4. The number of hydrogen-bond acceptors (Lipinski definition) is 5. The number of carbonyl (C=O) groups excluding carboxylic acids is 1. The van der Waals surface area contributed by atoms with E-state index in [1.54, 1.807) is 12.3 Å². The van der Waals surface area contributed by atoms with E-state index >= 15 is 0 Å². The zero-order valence-corrected chi connectivity index (χ0v) is 20.6. The number of imidazole rings is 1. The highest BCUT2D eigenvalue weighted by Crippen LogP contribution is 2.32. The normalized spacial score (nSPS) is 14.3. The van der Waals surface area contributed by atoms with E-state index in [1.807, 2.05) is 48.0 Å². The Morgan fingerprint density at radius 2 is 2.05 bits per heavy atom. The van der Waals surface area contributed by atoms with Gasteiger partial charge in [-0.1, -0.05) is 23.4 Å². The van der Waals surface area contributed by atoms with Crippen LogP contribution in [0.4, 0.5) is 9.18 Å². The lowest BCUT2D eigenvalue weighted by Crippen LogP contribution is -2.48. The summed E-state index contributed by atoms with van der Waals surface area (Å²) in [5, 5.41) is 16.0. The molecule has 3 aromatic heterocycles. The van der Waals surface area contributed by atoms with E-state index in [2.05, 4.69) is 21.1 Å². The van der Waals surface area contributed by atoms with Gasteiger partial charge in [0.05, 0.1) is 35.5 Å². The molecule has 38 heavy (non-hydrogen) atoms. The zero-order chi connectivity index (χ0) is 26.4. The van der Waals surface area contributed by atoms with Gasteiger partial charge in [0.25, 0.3) is 5.91 Å². The maximum absolute atomic E-state index is 13.4. The predicted molar refractivity (Wildman–Crippen MR) is 138 cm³/mol. The molecule has 10 nitrogen and oxygen atoms in total. The smallest absolute Gasteiger partial charge is 0.405 e. The van der Waals surface area contributed by atoms with E-state index in [1.165, 1.54) is 4.90 Å². The van der Waals surface area contributed by atoms with Crippen molar-refractivity contribution in [2.75, 3.05) is 19.8 Å². The Bertz CT molecular complexity index is 1670. The van der Waals surface area contributed by atoms with E-state index in [0.717, 1.165) is 39.3 Å². The summed E-state index contributed by atoms with van der Waals surface area (Å²) in [6.07, 6.45) is 0.879. The van der Waals surface area contributed by atoms with E-state index < -0.39 is 18.8 Å². The minimum Gasteiger partial charge on any atom is -0.465 e. The molecule has 0 spiro atoms. The van der Waals surface area contributed by atoms with Gasteiger partial charge in [-0.05, 0) is 36.2 Å². The standard InChI is InChI=1S/C27H25FN6O4/c1-32-23-10-16-7-9-33(14-18(13-28)30-27(36)37)26(35)20(16)12-21(23)31-25(32)24-11-17-4-2-3-5-22(17)34(24)15-19-6-8-29-38-19/h2-6,8,10-12,18,30H,7,9,13-15H2,1H3,(H,36,37). The Hall–Kier alpha value is -4.67. The predicted octanol–water partition coefficient (Wildman–Crippen LogP) is 3.84. The van der Waals surface area contributed by atoms with Crippen molar-refractivity contribution in [3.63, 3.8) is 0 Å². The number of benzene rings is 2. The molecule has 0 fully saturated rings. The number of nitrogens with zero attached hydrogens (tertiary/aromatic N) is 5. The number of aromatic nitrogens is 4. The van der Waals surface area contributed by atoms with Crippen molar-refractivity contribution in [1.82, 2.24) is 29.5 Å². The van der Waals surface area contributed by atoms with Crippen LogP contribution in [0.15, 0.2) is 59.3 Å². The first kappa shape index (κ1) is 23.7. The van der Waals surface area contributed by atoms with Gasteiger partial charge in [0.15, 0.2) is 11.6 Å². The summed E-state index contributed by atoms with van der Waals surface area (Å²) < 4.78 is 22.9. The van der Waals surface area contributed by atoms with Gasteiger partial charge in [-0.15, -0.1) is 0 Å². The first-order chi connectivity index (χ1) is 18.4. The molecule has 2 amide bonds. The molecule has 0 radical (unpaired) electrons. The molecule has 0 saturated carbocycles. The number of aryl methyl sites for hydroxylation is 1. The summed E-state index contributed by atoms with van der Waals surface area (Å²) >= 11 is 0. The fourth-order valence-corrected chi connectivity index (χ4v) is 5.24. The van der Waals surface area contributed by atoms with E-state index in [-0.39, 0.29) is 12.5 Å². The lowest BCUT2D eigenvalue weighted by Gasteiger charge is -2.31. The number of fused-ring (bicyclic) bond motifs is 3. The highest BCUT2D eigenvalue weighted by molar-refractivity contribution is 6.00. The molecule has 1 unspecified atom stereocenters. The highest BCUT2D eigenvalue weighted by Gasteiger charge is 2.29. The maximum Gasteiger partial charge on any atom is 0.405 e. The SMILES string of the molecule is Cn1c(-c2cc3ccccc3n2Cc2ccno2)nc2cc3c(cc21)CCN(CC(CF)NC(=O)O)C3=O. The monoisotopic (exact) mass is 516 g/mol. The van der Waals surface area contributed by atoms with Crippen LogP contribution in [-0.2, 0) is 20.0 Å². The van der Waals surface area contributed by atoms with Crippen LogP contribution in [0.5, 0.6) is 0 Å². The number of amides is 2. The van der Waals surface area contributed by atoms with Gasteiger partial charge in [0.1, 0.15) is 6.67 Å². The number of rotatable bonds is 7. The minimum atomic E-state index is -1.32. The number of carbonyl (C=O) groups is 2. The van der Waals surface area contributed by atoms with E-state index in [4.69, 9.17) is 14.6 Å². The van der Waals surface area contributed by atoms with Crippen molar-refractivity contribution < 1.29 is 23.6 Å². The number of carboxylic acid groups (broad SMARTS) is 1. The average molecular weight is 517 g/mol. The van der Waals surface area contributed by atoms with Crippen molar-refractivity contribution in [3.8, 4) is 11.5 Å². The highest BCUT2D eigenvalue weighted by atomic mass is 19.1. The van der Waals surface area contributed by atoms with Crippen LogP contribution < -0.4 is 5.32 Å². The van der Waals surface area contributed by atoms with Gasteiger partial charge in [-0.2, -0.15) is 0 Å². The quantitative estimate of drug-likeness (QED) is 0.339. The summed E-state index contributed by atoms with van der Waals surface area (Å²) in [6, 6.07) is 14.8. The molecule has 194 valence electrons. The Labute approximate surface area is 216 Å². The molecule has 0 aliphatic carbocycles. The Morgan fingerprint density at radius 1 is 1.21 bits per heavy atom. The molecular weight excluding hydrogens is 491 g/mol. The van der Waals surface area contributed by atoms with Crippen molar-refractivity contribution in [1.29, 1.82) is 0 Å². The summed E-state index contributed by atoms with van der Waals surface area (Å²) in [5.41, 5.74) is 4.89. The van der Waals surface area contributed by atoms with Crippen molar-refractivity contribution in [2.45, 2.75) is 19.0 Å². The molecule has 11 heteroatoms. The van der Waals surface area contributed by atoms with E-state index in [0.29, 0.717) is 30.6 Å². The average Bonchev–Trinajstić information content (AvgIpc) is 3.63. The molecule has 4 heterocycles. The van der Waals surface area contributed by atoms with Crippen LogP contribution in [0, 0.1) is 0 Å². The molecule has 1 aliphatic heterocycles. The second kappa shape index (κ2) is 9.33. The van der Waals surface area contributed by atoms with Gasteiger partial charge in [-0.3, -0.25) is 4.79 Å². The van der Waals surface area contributed by atoms with Crippen molar-refractivity contribution >= 4 is 33.9 Å². The van der Waals surface area contributed by atoms with Crippen LogP contribution in [0.2, 0.25) is 0 Å². The number of halogens is 1. The summed E-state index contributed by atoms with van der Waals surface area (Å²) in [4.78, 5) is 30.7. The third-order valence-corrected chi connectivity index (χ3v) is 7.07. The third-order valence-electron chi connectivity index (χ3n) is 7.07. The fraction of sp³-hybridized carbons (Fsp3) is 0.259. The fourth-order valence-electron chi connectivity index (χ4n) is 5.24. The molecule has 1 aliphatic rings. The van der Waals surface area contributed by atoms with Crippen LogP contribution in [0.25, 0.3) is 33.5 Å². The van der Waals surface area contributed by atoms with Crippen LogP contribution in [-0.4, -0.2) is 67.1 Å².